The van der Waals surface area contributed by atoms with Crippen LogP contribution in [0.15, 0.2) is 0 Å². The molecule has 0 radical (unpaired) electrons. The average Bonchev–Trinajstić information content (AvgIpc) is 2.76. The Morgan fingerprint density at radius 2 is 2.25 bits per heavy atom. The molecule has 0 aromatic carbocycles. The van der Waals surface area contributed by atoms with E-state index in [4.69, 9.17) is 4.74 Å². The molecule has 3 heteroatoms. The number of likely N-dealkylation sites (tertiary alicyclic amines) is 1. The van der Waals surface area contributed by atoms with E-state index < -0.39 is 0 Å². The lowest BCUT2D eigenvalue weighted by molar-refractivity contribution is 0.0967. The van der Waals surface area contributed by atoms with Crippen molar-refractivity contribution in [3.05, 3.63) is 0 Å². The fraction of sp³-hybridized carbons (Fsp3) is 1.00. The van der Waals surface area contributed by atoms with Crippen molar-refractivity contribution < 1.29 is 4.74 Å². The van der Waals surface area contributed by atoms with Gasteiger partial charge in [0, 0.05) is 18.0 Å². The molecule has 0 aromatic rings. The van der Waals surface area contributed by atoms with Gasteiger partial charge in [0.25, 0.3) is 0 Å². The van der Waals surface area contributed by atoms with Crippen LogP contribution in [0.4, 0.5) is 0 Å². The zero-order valence-corrected chi connectivity index (χ0v) is 11.9. The zero-order valence-electron chi connectivity index (χ0n) is 10.3. The number of ether oxygens (including phenoxy) is 1. The van der Waals surface area contributed by atoms with Crippen molar-refractivity contribution in [1.82, 2.24) is 4.90 Å². The van der Waals surface area contributed by atoms with E-state index >= 15 is 0 Å². The van der Waals surface area contributed by atoms with E-state index in [9.17, 15) is 0 Å². The van der Waals surface area contributed by atoms with E-state index in [1.54, 1.807) is 0 Å². The minimum Gasteiger partial charge on any atom is -0.378 e. The van der Waals surface area contributed by atoms with E-state index in [1.807, 2.05) is 0 Å². The molecule has 0 N–H and O–H groups in total. The van der Waals surface area contributed by atoms with Crippen molar-refractivity contribution in [3.63, 3.8) is 0 Å². The smallest absolute Gasteiger partial charge is 0.0576 e. The molecule has 0 spiro atoms. The fourth-order valence-electron chi connectivity index (χ4n) is 2.70. The van der Waals surface area contributed by atoms with Crippen molar-refractivity contribution in [2.75, 3.05) is 26.2 Å². The van der Waals surface area contributed by atoms with E-state index in [-0.39, 0.29) is 0 Å². The van der Waals surface area contributed by atoms with Gasteiger partial charge in [0.15, 0.2) is 0 Å². The molecular formula is C13H24BrNO. The molecule has 94 valence electrons. The lowest BCUT2D eigenvalue weighted by Gasteiger charge is -2.34. The Morgan fingerprint density at radius 3 is 2.94 bits per heavy atom. The molecule has 2 fully saturated rings. The highest BCUT2D eigenvalue weighted by atomic mass is 79.9. The highest BCUT2D eigenvalue weighted by molar-refractivity contribution is 9.09. The summed E-state index contributed by atoms with van der Waals surface area (Å²) in [7, 11) is 0. The van der Waals surface area contributed by atoms with Crippen molar-refractivity contribution in [2.24, 2.45) is 5.92 Å². The first-order valence-electron chi connectivity index (χ1n) is 6.73. The summed E-state index contributed by atoms with van der Waals surface area (Å²) in [5, 5.41) is 0. The zero-order chi connectivity index (χ0) is 11.4. The molecule has 0 bridgehead atoms. The number of rotatable bonds is 4. The molecule has 2 rings (SSSR count). The first kappa shape index (κ1) is 12.8. The van der Waals surface area contributed by atoms with Crippen LogP contribution in [0, 0.1) is 5.92 Å². The van der Waals surface area contributed by atoms with Gasteiger partial charge in [-0.15, -0.1) is 0 Å². The Bertz CT molecular complexity index is 206. The second-order valence-electron chi connectivity index (χ2n) is 5.36. The summed E-state index contributed by atoms with van der Waals surface area (Å²) in [5.74, 6) is 0.842. The summed E-state index contributed by atoms with van der Waals surface area (Å²) in [4.78, 5) is 3.30. The van der Waals surface area contributed by atoms with Gasteiger partial charge in [0.2, 0.25) is 0 Å². The Hall–Kier alpha value is 0.400. The van der Waals surface area contributed by atoms with Crippen LogP contribution in [0.25, 0.3) is 0 Å². The lowest BCUT2D eigenvalue weighted by atomic mass is 9.99. The SMILES string of the molecule is CC1CCN(CCCC2CCCO2)CC1Br. The molecule has 16 heavy (non-hydrogen) atoms. The predicted molar refractivity (Wildman–Crippen MR) is 71.1 cm³/mol. The summed E-state index contributed by atoms with van der Waals surface area (Å²) in [6, 6.07) is 0. The molecular weight excluding hydrogens is 266 g/mol. The van der Waals surface area contributed by atoms with Crippen LogP contribution >= 0.6 is 15.9 Å². The number of hydrogen-bond donors (Lipinski definition) is 0. The van der Waals surface area contributed by atoms with Crippen molar-refractivity contribution in [2.45, 2.75) is 50.0 Å². The first-order chi connectivity index (χ1) is 7.75. The van der Waals surface area contributed by atoms with Crippen molar-refractivity contribution >= 4 is 15.9 Å². The monoisotopic (exact) mass is 289 g/mol. The van der Waals surface area contributed by atoms with Crippen LogP contribution in [0.2, 0.25) is 0 Å². The number of piperidine rings is 1. The fourth-order valence-corrected chi connectivity index (χ4v) is 3.38. The Balaban J connectivity index is 1.59. The third kappa shape index (κ3) is 3.71. The second-order valence-corrected chi connectivity index (χ2v) is 6.54. The average molecular weight is 290 g/mol. The van der Waals surface area contributed by atoms with Crippen molar-refractivity contribution in [1.29, 1.82) is 0 Å². The minimum atomic E-state index is 0.573. The first-order valence-corrected chi connectivity index (χ1v) is 7.65. The third-order valence-electron chi connectivity index (χ3n) is 3.98. The molecule has 0 aromatic heterocycles. The molecule has 0 amide bonds. The van der Waals surface area contributed by atoms with E-state index in [1.165, 1.54) is 51.7 Å². The Kier molecular flexibility index (Phi) is 5.11. The third-order valence-corrected chi connectivity index (χ3v) is 5.17. The van der Waals surface area contributed by atoms with Crippen LogP contribution < -0.4 is 0 Å². The molecule has 2 aliphatic rings. The van der Waals surface area contributed by atoms with Crippen LogP contribution in [-0.2, 0) is 4.74 Å². The van der Waals surface area contributed by atoms with E-state index in [2.05, 4.69) is 27.8 Å². The van der Waals surface area contributed by atoms with Gasteiger partial charge >= 0.3 is 0 Å². The normalized spacial score (nSPS) is 36.8. The Morgan fingerprint density at radius 1 is 1.38 bits per heavy atom. The Labute approximate surface area is 108 Å². The van der Waals surface area contributed by atoms with Gasteiger partial charge in [-0.2, -0.15) is 0 Å². The van der Waals surface area contributed by atoms with Crippen LogP contribution in [-0.4, -0.2) is 42.1 Å². The van der Waals surface area contributed by atoms with Crippen LogP contribution in [0.3, 0.4) is 0 Å². The highest BCUT2D eigenvalue weighted by Crippen LogP contribution is 2.24. The molecule has 2 aliphatic heterocycles. The van der Waals surface area contributed by atoms with Gasteiger partial charge in [-0.3, -0.25) is 0 Å². The molecule has 2 heterocycles. The van der Waals surface area contributed by atoms with Gasteiger partial charge < -0.3 is 9.64 Å². The number of alkyl halides is 1. The summed E-state index contributed by atoms with van der Waals surface area (Å²) in [6.07, 6.45) is 7.05. The van der Waals surface area contributed by atoms with Crippen LogP contribution in [0.1, 0.15) is 39.0 Å². The molecule has 0 aliphatic carbocycles. The van der Waals surface area contributed by atoms with Crippen molar-refractivity contribution in [3.8, 4) is 0 Å². The maximum absolute atomic E-state index is 5.65. The molecule has 2 saturated heterocycles. The number of nitrogens with zero attached hydrogens (tertiary/aromatic N) is 1. The molecule has 0 saturated carbocycles. The van der Waals surface area contributed by atoms with Gasteiger partial charge in [-0.1, -0.05) is 22.9 Å². The van der Waals surface area contributed by atoms with E-state index in [0.717, 1.165) is 12.5 Å². The number of hydrogen-bond acceptors (Lipinski definition) is 2. The quantitative estimate of drug-likeness (QED) is 0.738. The van der Waals surface area contributed by atoms with Crippen LogP contribution in [0.5, 0.6) is 0 Å². The van der Waals surface area contributed by atoms with Gasteiger partial charge in [-0.25, -0.2) is 0 Å². The van der Waals surface area contributed by atoms with Gasteiger partial charge in [0.1, 0.15) is 0 Å². The molecule has 3 atom stereocenters. The minimum absolute atomic E-state index is 0.573. The second kappa shape index (κ2) is 6.36. The maximum atomic E-state index is 5.65. The van der Waals surface area contributed by atoms with Gasteiger partial charge in [0.05, 0.1) is 6.10 Å². The summed E-state index contributed by atoms with van der Waals surface area (Å²) < 4.78 is 5.65. The van der Waals surface area contributed by atoms with Gasteiger partial charge in [-0.05, 0) is 51.1 Å². The summed E-state index contributed by atoms with van der Waals surface area (Å²) in [6.45, 7) is 7.12. The van der Waals surface area contributed by atoms with E-state index in [0.29, 0.717) is 10.9 Å². The molecule has 2 nitrogen and oxygen atoms in total. The lowest BCUT2D eigenvalue weighted by Crippen LogP contribution is -2.40. The summed E-state index contributed by atoms with van der Waals surface area (Å²) in [5.41, 5.74) is 0. The standard InChI is InChI=1S/C13H24BrNO/c1-11-6-8-15(10-13(11)14)7-2-4-12-5-3-9-16-12/h11-13H,2-10H2,1H3. The largest absolute Gasteiger partial charge is 0.378 e. The topological polar surface area (TPSA) is 12.5 Å². The molecule has 3 unspecified atom stereocenters. The summed E-state index contributed by atoms with van der Waals surface area (Å²) >= 11 is 3.79. The maximum Gasteiger partial charge on any atom is 0.0576 e. The highest BCUT2D eigenvalue weighted by Gasteiger charge is 2.23. The predicted octanol–water partition coefficient (Wildman–Crippen LogP) is 3.05. The number of halogens is 1.